The molecule has 0 fully saturated rings. The van der Waals surface area contributed by atoms with Crippen LogP contribution in [0.5, 0.6) is 0 Å². The molecule has 3 rings (SSSR count). The molecule has 1 atom stereocenters. The lowest BCUT2D eigenvalue weighted by Crippen LogP contribution is -2.12. The first-order valence-electron chi connectivity index (χ1n) is 6.48. The molecule has 0 spiro atoms. The van der Waals surface area contributed by atoms with E-state index in [1.54, 1.807) is 6.26 Å². The zero-order valence-corrected chi connectivity index (χ0v) is 11.3. The molecule has 0 radical (unpaired) electrons. The normalized spacial score (nSPS) is 13.0. The van der Waals surface area contributed by atoms with Crippen molar-refractivity contribution in [3.8, 4) is 0 Å². The quantitative estimate of drug-likeness (QED) is 0.779. The van der Waals surface area contributed by atoms with Crippen LogP contribution >= 0.6 is 0 Å². The Kier molecular flexibility index (Phi) is 2.91. The summed E-state index contributed by atoms with van der Waals surface area (Å²) < 4.78 is 7.44. The molecule has 1 aromatic carbocycles. The van der Waals surface area contributed by atoms with E-state index >= 15 is 0 Å². The zero-order chi connectivity index (χ0) is 13.4. The van der Waals surface area contributed by atoms with E-state index in [2.05, 4.69) is 42.1 Å². The Morgan fingerprint density at radius 2 is 2.11 bits per heavy atom. The van der Waals surface area contributed by atoms with E-state index in [1.807, 2.05) is 13.0 Å². The second-order valence-electron chi connectivity index (χ2n) is 5.12. The van der Waals surface area contributed by atoms with E-state index in [1.165, 1.54) is 16.5 Å². The topological polar surface area (TPSA) is 44.1 Å². The van der Waals surface area contributed by atoms with E-state index < -0.39 is 0 Å². The number of aryl methyl sites for hydroxylation is 2. The van der Waals surface area contributed by atoms with Gasteiger partial charge in [0, 0.05) is 30.4 Å². The molecule has 0 aliphatic rings. The Bertz CT molecular complexity index is 708. The summed E-state index contributed by atoms with van der Waals surface area (Å²) in [6, 6.07) is 10.6. The van der Waals surface area contributed by atoms with Crippen LogP contribution in [-0.2, 0) is 13.5 Å². The van der Waals surface area contributed by atoms with E-state index in [9.17, 15) is 0 Å². The number of aromatic nitrogens is 1. The summed E-state index contributed by atoms with van der Waals surface area (Å²) in [7, 11) is 2.06. The molecule has 2 aromatic heterocycles. The smallest absolute Gasteiger partial charge is 0.101 e. The summed E-state index contributed by atoms with van der Waals surface area (Å²) in [6.07, 6.45) is 4.65. The van der Waals surface area contributed by atoms with Crippen molar-refractivity contribution in [3.05, 3.63) is 59.7 Å². The van der Waals surface area contributed by atoms with Gasteiger partial charge in [-0.2, -0.15) is 0 Å². The Hall–Kier alpha value is -2.00. The third kappa shape index (κ3) is 2.29. The molecule has 0 aliphatic carbocycles. The van der Waals surface area contributed by atoms with Crippen LogP contribution in [0.15, 0.2) is 47.2 Å². The van der Waals surface area contributed by atoms with Crippen molar-refractivity contribution in [1.29, 1.82) is 0 Å². The number of hydrogen-bond acceptors (Lipinski definition) is 2. The lowest BCUT2D eigenvalue weighted by Gasteiger charge is -2.09. The third-order valence-electron chi connectivity index (χ3n) is 3.58. The average molecular weight is 254 g/mol. The summed E-state index contributed by atoms with van der Waals surface area (Å²) >= 11 is 0. The molecule has 0 aliphatic heterocycles. The van der Waals surface area contributed by atoms with Crippen molar-refractivity contribution in [3.63, 3.8) is 0 Å². The maximum atomic E-state index is 6.22. The largest absolute Gasteiger partial charge is 0.469 e. The van der Waals surface area contributed by atoms with Crippen LogP contribution in [0, 0.1) is 6.92 Å². The second-order valence-corrected chi connectivity index (χ2v) is 5.12. The number of nitrogens with zero attached hydrogens (tertiary/aromatic N) is 1. The maximum Gasteiger partial charge on any atom is 0.101 e. The molecule has 98 valence electrons. The molecule has 0 saturated carbocycles. The fourth-order valence-corrected chi connectivity index (χ4v) is 2.49. The molecule has 3 heteroatoms. The van der Waals surface area contributed by atoms with E-state index in [4.69, 9.17) is 10.2 Å². The number of nitrogens with two attached hydrogens (primary N) is 1. The molecule has 19 heavy (non-hydrogen) atoms. The number of hydrogen-bond donors (Lipinski definition) is 1. The minimum absolute atomic E-state index is 0.0152. The molecule has 2 heterocycles. The summed E-state index contributed by atoms with van der Waals surface area (Å²) in [5, 5.41) is 1.26. The van der Waals surface area contributed by atoms with Gasteiger partial charge in [-0.15, -0.1) is 0 Å². The molecule has 1 unspecified atom stereocenters. The average Bonchev–Trinajstić information content (AvgIpc) is 2.97. The van der Waals surface area contributed by atoms with Gasteiger partial charge in [0.2, 0.25) is 0 Å². The van der Waals surface area contributed by atoms with Crippen LogP contribution in [0.3, 0.4) is 0 Å². The van der Waals surface area contributed by atoms with Crippen LogP contribution < -0.4 is 5.73 Å². The molecule has 3 aromatic rings. The van der Waals surface area contributed by atoms with Gasteiger partial charge in [0.05, 0.1) is 6.26 Å². The first kappa shape index (κ1) is 12.1. The predicted molar refractivity (Wildman–Crippen MR) is 77.0 cm³/mol. The Labute approximate surface area is 112 Å². The minimum atomic E-state index is -0.0152. The maximum absolute atomic E-state index is 6.22. The Balaban J connectivity index is 1.84. The highest BCUT2D eigenvalue weighted by Crippen LogP contribution is 2.22. The van der Waals surface area contributed by atoms with Crippen LogP contribution in [0.25, 0.3) is 10.9 Å². The number of furan rings is 1. The molecule has 0 bridgehead atoms. The van der Waals surface area contributed by atoms with Gasteiger partial charge in [0.15, 0.2) is 0 Å². The molecule has 0 saturated heterocycles. The zero-order valence-electron chi connectivity index (χ0n) is 11.3. The van der Waals surface area contributed by atoms with Crippen molar-refractivity contribution in [1.82, 2.24) is 4.57 Å². The summed E-state index contributed by atoms with van der Waals surface area (Å²) in [4.78, 5) is 0. The highest BCUT2D eigenvalue weighted by molar-refractivity contribution is 5.80. The fraction of sp³-hybridized carbons (Fsp3) is 0.250. The highest BCUT2D eigenvalue weighted by Gasteiger charge is 2.10. The van der Waals surface area contributed by atoms with Crippen molar-refractivity contribution < 1.29 is 4.42 Å². The lowest BCUT2D eigenvalue weighted by atomic mass is 10.0. The van der Waals surface area contributed by atoms with Gasteiger partial charge in [0.25, 0.3) is 0 Å². The highest BCUT2D eigenvalue weighted by atomic mass is 16.3. The van der Waals surface area contributed by atoms with Crippen LogP contribution in [0.1, 0.15) is 22.9 Å². The van der Waals surface area contributed by atoms with Gasteiger partial charge in [-0.25, -0.2) is 0 Å². The lowest BCUT2D eigenvalue weighted by molar-refractivity contribution is 0.528. The van der Waals surface area contributed by atoms with Gasteiger partial charge >= 0.3 is 0 Å². The van der Waals surface area contributed by atoms with E-state index in [0.717, 1.165) is 17.7 Å². The van der Waals surface area contributed by atoms with Gasteiger partial charge in [-0.05, 0) is 48.6 Å². The second kappa shape index (κ2) is 4.59. The first-order chi connectivity index (χ1) is 9.13. The number of benzene rings is 1. The standard InChI is InChI=1S/C16H18N2O/c1-11-7-14(10-19-11)15(17)9-12-3-4-16-13(8-12)5-6-18(16)2/h3-8,10,15H,9,17H2,1-2H3. The number of fused-ring (bicyclic) bond motifs is 1. The van der Waals surface area contributed by atoms with Gasteiger partial charge in [-0.1, -0.05) is 6.07 Å². The third-order valence-corrected chi connectivity index (χ3v) is 3.58. The van der Waals surface area contributed by atoms with Crippen LogP contribution in [-0.4, -0.2) is 4.57 Å². The van der Waals surface area contributed by atoms with Crippen molar-refractivity contribution in [2.45, 2.75) is 19.4 Å². The fourth-order valence-electron chi connectivity index (χ4n) is 2.49. The SMILES string of the molecule is Cc1cc(C(N)Cc2ccc3c(ccn3C)c2)co1. The van der Waals surface area contributed by atoms with Crippen LogP contribution in [0.2, 0.25) is 0 Å². The van der Waals surface area contributed by atoms with Gasteiger partial charge < -0.3 is 14.7 Å². The first-order valence-corrected chi connectivity index (χ1v) is 6.48. The summed E-state index contributed by atoms with van der Waals surface area (Å²) in [6.45, 7) is 1.94. The summed E-state index contributed by atoms with van der Waals surface area (Å²) in [5.41, 5.74) is 9.79. The van der Waals surface area contributed by atoms with Crippen LogP contribution in [0.4, 0.5) is 0 Å². The molecule has 0 amide bonds. The van der Waals surface area contributed by atoms with E-state index in [0.29, 0.717) is 0 Å². The van der Waals surface area contributed by atoms with E-state index in [-0.39, 0.29) is 6.04 Å². The molecule has 3 nitrogen and oxygen atoms in total. The Morgan fingerprint density at radius 3 is 2.84 bits per heavy atom. The predicted octanol–water partition coefficient (Wildman–Crippen LogP) is 3.32. The Morgan fingerprint density at radius 1 is 1.26 bits per heavy atom. The molecule has 2 N–H and O–H groups in total. The monoisotopic (exact) mass is 254 g/mol. The number of rotatable bonds is 3. The van der Waals surface area contributed by atoms with Gasteiger partial charge in [0.1, 0.15) is 5.76 Å². The minimum Gasteiger partial charge on any atom is -0.469 e. The van der Waals surface area contributed by atoms with Gasteiger partial charge in [-0.3, -0.25) is 0 Å². The van der Waals surface area contributed by atoms with Crippen molar-refractivity contribution in [2.75, 3.05) is 0 Å². The van der Waals surface area contributed by atoms with Crippen molar-refractivity contribution in [2.24, 2.45) is 12.8 Å². The molecular weight excluding hydrogens is 236 g/mol. The molecular formula is C16H18N2O. The summed E-state index contributed by atoms with van der Waals surface area (Å²) in [5.74, 6) is 0.906. The van der Waals surface area contributed by atoms with Crippen molar-refractivity contribution >= 4 is 10.9 Å².